The fourth-order valence-corrected chi connectivity index (χ4v) is 1.74. The van der Waals surface area contributed by atoms with Gasteiger partial charge in [-0.2, -0.15) is 0 Å². The van der Waals surface area contributed by atoms with Crippen molar-refractivity contribution in [2.24, 2.45) is 0 Å². The number of methoxy groups -OCH3 is 1. The molecule has 0 heterocycles. The molecular formula is C16H28FNO3. The third kappa shape index (κ3) is 7.16. The minimum Gasteiger partial charge on any atom is -0.497 e. The normalized spacial score (nSPS) is 14.0. The van der Waals surface area contributed by atoms with Crippen molar-refractivity contribution in [3.05, 3.63) is 24.0 Å². The Morgan fingerprint density at radius 3 is 2.38 bits per heavy atom. The third-order valence-corrected chi connectivity index (χ3v) is 2.79. The lowest BCUT2D eigenvalue weighted by atomic mass is 10.1. The van der Waals surface area contributed by atoms with Gasteiger partial charge in [-0.05, 0) is 40.2 Å². The highest BCUT2D eigenvalue weighted by Crippen LogP contribution is 2.17. The van der Waals surface area contributed by atoms with E-state index in [9.17, 15) is 9.18 Å². The molecule has 0 aromatic carbocycles. The molecule has 1 unspecified atom stereocenters. The number of ether oxygens (including phenoxy) is 2. The van der Waals surface area contributed by atoms with Crippen LogP contribution in [0.15, 0.2) is 24.0 Å². The van der Waals surface area contributed by atoms with Crippen molar-refractivity contribution in [1.29, 1.82) is 0 Å². The Labute approximate surface area is 127 Å². The summed E-state index contributed by atoms with van der Waals surface area (Å²) in [7, 11) is 1.46. The van der Waals surface area contributed by atoms with Crippen LogP contribution in [0, 0.1) is 0 Å². The maximum atomic E-state index is 14.4. The van der Waals surface area contributed by atoms with Crippen molar-refractivity contribution in [1.82, 2.24) is 4.90 Å². The van der Waals surface area contributed by atoms with Gasteiger partial charge in [0.2, 0.25) is 0 Å². The van der Waals surface area contributed by atoms with Crippen LogP contribution in [0.2, 0.25) is 0 Å². The summed E-state index contributed by atoms with van der Waals surface area (Å²) < 4.78 is 24.7. The van der Waals surface area contributed by atoms with E-state index in [0.29, 0.717) is 17.9 Å². The summed E-state index contributed by atoms with van der Waals surface area (Å²) in [5, 5.41) is 0. The van der Waals surface area contributed by atoms with E-state index in [0.717, 1.165) is 6.42 Å². The van der Waals surface area contributed by atoms with Gasteiger partial charge in [0.25, 0.3) is 0 Å². The highest BCUT2D eigenvalue weighted by atomic mass is 19.1. The number of carbonyl (C=O) groups is 1. The summed E-state index contributed by atoms with van der Waals surface area (Å²) in [5.74, 6) is 0.392. The van der Waals surface area contributed by atoms with Crippen molar-refractivity contribution in [2.75, 3.05) is 20.2 Å². The monoisotopic (exact) mass is 301 g/mol. The SMILES string of the molecule is C=C/C(OC)=C(/C)C(F)CN(CCC)C(=O)OC(C)(C)C. The zero-order chi connectivity index (χ0) is 16.6. The van der Waals surface area contributed by atoms with Crippen LogP contribution in [0.4, 0.5) is 9.18 Å². The molecule has 0 fully saturated rings. The summed E-state index contributed by atoms with van der Waals surface area (Å²) in [6.07, 6.45) is 0.363. The summed E-state index contributed by atoms with van der Waals surface area (Å²) in [4.78, 5) is 13.5. The van der Waals surface area contributed by atoms with Gasteiger partial charge in [-0.1, -0.05) is 13.5 Å². The van der Waals surface area contributed by atoms with Crippen LogP contribution in [0.25, 0.3) is 0 Å². The van der Waals surface area contributed by atoms with Gasteiger partial charge in [-0.3, -0.25) is 0 Å². The number of hydrogen-bond acceptors (Lipinski definition) is 3. The highest BCUT2D eigenvalue weighted by Gasteiger charge is 2.25. The molecule has 0 N–H and O–H groups in total. The Morgan fingerprint density at radius 1 is 1.43 bits per heavy atom. The zero-order valence-corrected chi connectivity index (χ0v) is 14.0. The average molecular weight is 301 g/mol. The lowest BCUT2D eigenvalue weighted by Gasteiger charge is -2.28. The Bertz CT molecular complexity index is 385. The fraction of sp³-hybridized carbons (Fsp3) is 0.688. The van der Waals surface area contributed by atoms with Crippen molar-refractivity contribution in [3.63, 3.8) is 0 Å². The van der Waals surface area contributed by atoms with E-state index in [-0.39, 0.29) is 6.54 Å². The molecule has 0 bridgehead atoms. The molecule has 21 heavy (non-hydrogen) atoms. The van der Waals surface area contributed by atoms with Crippen LogP contribution in [0.1, 0.15) is 41.0 Å². The molecule has 0 aliphatic rings. The maximum Gasteiger partial charge on any atom is 0.410 e. The molecule has 0 saturated heterocycles. The first-order valence-corrected chi connectivity index (χ1v) is 7.15. The lowest BCUT2D eigenvalue weighted by Crippen LogP contribution is -2.41. The summed E-state index contributed by atoms with van der Waals surface area (Å²) >= 11 is 0. The van der Waals surface area contributed by atoms with Gasteiger partial charge in [0, 0.05) is 12.1 Å². The average Bonchev–Trinajstić information content (AvgIpc) is 2.37. The summed E-state index contributed by atoms with van der Waals surface area (Å²) in [6.45, 7) is 12.9. The predicted octanol–water partition coefficient (Wildman–Crippen LogP) is 4.08. The van der Waals surface area contributed by atoms with Crippen molar-refractivity contribution in [2.45, 2.75) is 52.8 Å². The number of nitrogens with zero attached hydrogens (tertiary/aromatic N) is 1. The van der Waals surface area contributed by atoms with Gasteiger partial charge in [-0.15, -0.1) is 0 Å². The highest BCUT2D eigenvalue weighted by molar-refractivity contribution is 5.68. The molecule has 0 aliphatic heterocycles. The van der Waals surface area contributed by atoms with Gasteiger partial charge >= 0.3 is 6.09 Å². The van der Waals surface area contributed by atoms with Gasteiger partial charge in [0.15, 0.2) is 0 Å². The molecule has 0 aliphatic carbocycles. The van der Waals surface area contributed by atoms with Crippen LogP contribution >= 0.6 is 0 Å². The number of carbonyl (C=O) groups excluding carboxylic acids is 1. The van der Waals surface area contributed by atoms with E-state index in [1.54, 1.807) is 27.7 Å². The first-order chi connectivity index (χ1) is 9.66. The molecule has 0 rings (SSSR count). The second-order valence-corrected chi connectivity index (χ2v) is 5.85. The predicted molar refractivity (Wildman–Crippen MR) is 82.9 cm³/mol. The quantitative estimate of drug-likeness (QED) is 0.525. The third-order valence-electron chi connectivity index (χ3n) is 2.79. The van der Waals surface area contributed by atoms with E-state index in [4.69, 9.17) is 9.47 Å². The topological polar surface area (TPSA) is 38.8 Å². The minimum absolute atomic E-state index is 0.0602. The molecular weight excluding hydrogens is 273 g/mol. The Hall–Kier alpha value is -1.52. The van der Waals surface area contributed by atoms with Gasteiger partial charge in [0.1, 0.15) is 17.5 Å². The Morgan fingerprint density at radius 2 is 2.00 bits per heavy atom. The maximum absolute atomic E-state index is 14.4. The molecule has 0 radical (unpaired) electrons. The molecule has 1 amide bonds. The number of hydrogen-bond donors (Lipinski definition) is 0. The van der Waals surface area contributed by atoms with Crippen LogP contribution in [-0.2, 0) is 9.47 Å². The molecule has 0 aromatic rings. The molecule has 0 saturated carbocycles. The van der Waals surface area contributed by atoms with E-state index < -0.39 is 17.9 Å². The second kappa shape index (κ2) is 8.70. The second-order valence-electron chi connectivity index (χ2n) is 5.85. The van der Waals surface area contributed by atoms with Crippen molar-refractivity contribution in [3.8, 4) is 0 Å². The molecule has 0 spiro atoms. The van der Waals surface area contributed by atoms with Gasteiger partial charge in [0.05, 0.1) is 13.7 Å². The smallest absolute Gasteiger partial charge is 0.410 e. The minimum atomic E-state index is -1.32. The van der Waals surface area contributed by atoms with E-state index >= 15 is 0 Å². The number of halogens is 1. The molecule has 5 heteroatoms. The van der Waals surface area contributed by atoms with Crippen molar-refractivity contribution >= 4 is 6.09 Å². The zero-order valence-electron chi connectivity index (χ0n) is 14.0. The molecule has 1 atom stereocenters. The Balaban J connectivity index is 4.96. The van der Waals surface area contributed by atoms with Gasteiger partial charge < -0.3 is 14.4 Å². The first-order valence-electron chi connectivity index (χ1n) is 7.15. The van der Waals surface area contributed by atoms with Crippen LogP contribution in [0.5, 0.6) is 0 Å². The Kier molecular flexibility index (Phi) is 8.07. The number of alkyl halides is 1. The van der Waals surface area contributed by atoms with Crippen LogP contribution in [0.3, 0.4) is 0 Å². The van der Waals surface area contributed by atoms with Gasteiger partial charge in [-0.25, -0.2) is 9.18 Å². The van der Waals surface area contributed by atoms with E-state index in [2.05, 4.69) is 6.58 Å². The fourth-order valence-electron chi connectivity index (χ4n) is 1.74. The first kappa shape index (κ1) is 19.5. The number of allylic oxidation sites excluding steroid dienone is 1. The molecule has 4 nitrogen and oxygen atoms in total. The number of amides is 1. The molecule has 0 aromatic heterocycles. The van der Waals surface area contributed by atoms with E-state index in [1.165, 1.54) is 18.1 Å². The number of rotatable bonds is 7. The summed E-state index contributed by atoms with van der Waals surface area (Å²) in [6, 6.07) is 0. The largest absolute Gasteiger partial charge is 0.497 e. The van der Waals surface area contributed by atoms with Crippen LogP contribution in [-0.4, -0.2) is 43.0 Å². The molecule has 122 valence electrons. The standard InChI is InChI=1S/C16H28FNO3/c1-8-10-18(15(19)21-16(4,5)6)11-13(17)12(3)14(9-2)20-7/h9,13H,2,8,10-11H2,1,3-7H3/b14-12+. The van der Waals surface area contributed by atoms with Crippen LogP contribution < -0.4 is 0 Å². The van der Waals surface area contributed by atoms with Crippen molar-refractivity contribution < 1.29 is 18.7 Å². The lowest BCUT2D eigenvalue weighted by molar-refractivity contribution is 0.0215. The summed E-state index contributed by atoms with van der Waals surface area (Å²) in [5.41, 5.74) is -0.185. The van der Waals surface area contributed by atoms with E-state index in [1.807, 2.05) is 6.92 Å².